The number of methoxy groups -OCH3 is 1. The Hall–Kier alpha value is -2.84. The van der Waals surface area contributed by atoms with Gasteiger partial charge in [0, 0.05) is 10.9 Å². The van der Waals surface area contributed by atoms with Crippen molar-refractivity contribution < 1.29 is 13.9 Å². The number of rotatable bonds is 7. The summed E-state index contributed by atoms with van der Waals surface area (Å²) in [5.74, 6) is 0.981. The second-order valence-corrected chi connectivity index (χ2v) is 6.61. The minimum absolute atomic E-state index is 0.0116. The Bertz CT molecular complexity index is 944. The maximum atomic E-state index is 13.8. The minimum Gasteiger partial charge on any atom is -0.493 e. The van der Waals surface area contributed by atoms with Crippen molar-refractivity contribution in [1.82, 2.24) is 4.98 Å². The molecule has 140 valence electrons. The summed E-state index contributed by atoms with van der Waals surface area (Å²) in [6.45, 7) is -0.0116. The van der Waals surface area contributed by atoms with E-state index in [-0.39, 0.29) is 6.61 Å². The molecule has 3 N–H and O–H groups in total. The predicted octanol–water partition coefficient (Wildman–Crippen LogP) is 4.55. The van der Waals surface area contributed by atoms with Crippen molar-refractivity contribution in [3.8, 4) is 11.5 Å². The number of hydrogen-bond acceptors (Lipinski definition) is 7. The summed E-state index contributed by atoms with van der Waals surface area (Å²) in [4.78, 5) is 4.04. The van der Waals surface area contributed by atoms with Crippen LogP contribution >= 0.6 is 22.9 Å². The molecule has 3 rings (SSSR count). The van der Waals surface area contributed by atoms with E-state index in [0.717, 1.165) is 5.56 Å². The second kappa shape index (κ2) is 8.70. The van der Waals surface area contributed by atoms with E-state index in [1.54, 1.807) is 41.9 Å². The van der Waals surface area contributed by atoms with Gasteiger partial charge in [-0.2, -0.15) is 5.10 Å². The number of nitrogens with two attached hydrogens (primary N) is 1. The average molecular weight is 407 g/mol. The van der Waals surface area contributed by atoms with Gasteiger partial charge >= 0.3 is 0 Å². The molecule has 1 aromatic heterocycles. The van der Waals surface area contributed by atoms with E-state index in [0.29, 0.717) is 33.0 Å². The number of benzene rings is 2. The third-order valence-corrected chi connectivity index (χ3v) is 4.64. The molecular formula is C18H16ClFN4O2S. The van der Waals surface area contributed by atoms with Gasteiger partial charge in [0.2, 0.25) is 5.13 Å². The molecule has 6 nitrogen and oxygen atoms in total. The minimum atomic E-state index is -0.417. The summed E-state index contributed by atoms with van der Waals surface area (Å²) in [6, 6.07) is 9.76. The van der Waals surface area contributed by atoms with Crippen LogP contribution in [0.1, 0.15) is 11.1 Å². The van der Waals surface area contributed by atoms with Crippen LogP contribution in [-0.2, 0) is 6.61 Å². The summed E-state index contributed by atoms with van der Waals surface area (Å²) < 4.78 is 24.9. The molecule has 0 fully saturated rings. The number of anilines is 2. The van der Waals surface area contributed by atoms with Gasteiger partial charge in [0.15, 0.2) is 11.5 Å². The third kappa shape index (κ3) is 4.87. The van der Waals surface area contributed by atoms with Crippen molar-refractivity contribution in [2.45, 2.75) is 6.61 Å². The van der Waals surface area contributed by atoms with Crippen molar-refractivity contribution in [1.29, 1.82) is 0 Å². The van der Waals surface area contributed by atoms with Gasteiger partial charge in [0.25, 0.3) is 0 Å². The highest BCUT2D eigenvalue weighted by Gasteiger charge is 2.10. The smallest absolute Gasteiger partial charge is 0.205 e. The van der Waals surface area contributed by atoms with Crippen molar-refractivity contribution in [2.24, 2.45) is 5.10 Å². The molecule has 0 amide bonds. The van der Waals surface area contributed by atoms with Gasteiger partial charge in [-0.25, -0.2) is 9.37 Å². The first-order valence-corrected chi connectivity index (χ1v) is 9.06. The Balaban J connectivity index is 1.68. The topological polar surface area (TPSA) is 81.8 Å². The fourth-order valence-electron chi connectivity index (χ4n) is 2.20. The maximum Gasteiger partial charge on any atom is 0.205 e. The van der Waals surface area contributed by atoms with Crippen LogP contribution in [0.15, 0.2) is 46.9 Å². The fourth-order valence-corrected chi connectivity index (χ4v) is 2.97. The van der Waals surface area contributed by atoms with E-state index < -0.39 is 5.82 Å². The molecule has 0 aliphatic carbocycles. The number of nitrogens with zero attached hydrogens (tertiary/aromatic N) is 2. The van der Waals surface area contributed by atoms with Crippen molar-refractivity contribution in [2.75, 3.05) is 18.3 Å². The molecule has 0 radical (unpaired) electrons. The van der Waals surface area contributed by atoms with Gasteiger partial charge in [0.1, 0.15) is 18.2 Å². The number of nitrogen functional groups attached to an aromatic ring is 1. The Morgan fingerprint density at radius 2 is 2.19 bits per heavy atom. The van der Waals surface area contributed by atoms with Crippen molar-refractivity contribution in [3.05, 3.63) is 63.7 Å². The first kappa shape index (κ1) is 18.9. The van der Waals surface area contributed by atoms with Gasteiger partial charge in [-0.1, -0.05) is 17.7 Å². The van der Waals surface area contributed by atoms with Crippen LogP contribution in [0.3, 0.4) is 0 Å². The molecule has 1 heterocycles. The standard InChI is InChI=1S/C18H16ClFN4O2S/c1-25-16-7-11(8-22-24-18-23-17(21)10-27-18)5-6-15(16)26-9-12-13(19)3-2-4-14(12)20/h2-8,10H,9,21H2,1H3,(H,23,24). The van der Waals surface area contributed by atoms with Crippen LogP contribution in [0, 0.1) is 5.82 Å². The van der Waals surface area contributed by atoms with E-state index in [1.807, 2.05) is 0 Å². The number of thiazole rings is 1. The quantitative estimate of drug-likeness (QED) is 0.444. The number of hydrogen-bond donors (Lipinski definition) is 2. The molecule has 0 atom stereocenters. The molecule has 0 spiro atoms. The normalized spacial score (nSPS) is 10.9. The van der Waals surface area contributed by atoms with Crippen LogP contribution in [0.2, 0.25) is 5.02 Å². The lowest BCUT2D eigenvalue weighted by molar-refractivity contribution is 0.280. The lowest BCUT2D eigenvalue weighted by Crippen LogP contribution is -2.01. The van der Waals surface area contributed by atoms with Crippen molar-refractivity contribution in [3.63, 3.8) is 0 Å². The highest BCUT2D eigenvalue weighted by atomic mass is 35.5. The molecule has 9 heteroatoms. The zero-order valence-electron chi connectivity index (χ0n) is 14.3. The zero-order valence-corrected chi connectivity index (χ0v) is 15.9. The Morgan fingerprint density at radius 3 is 2.89 bits per heavy atom. The summed E-state index contributed by atoms with van der Waals surface area (Å²) in [7, 11) is 1.52. The summed E-state index contributed by atoms with van der Waals surface area (Å²) in [5, 5.41) is 6.72. The van der Waals surface area contributed by atoms with Gasteiger partial charge in [0.05, 0.1) is 18.3 Å². The first-order chi connectivity index (χ1) is 13.1. The van der Waals surface area contributed by atoms with Crippen molar-refractivity contribution >= 4 is 40.1 Å². The number of ether oxygens (including phenoxy) is 2. The molecule has 0 bridgehead atoms. The SMILES string of the molecule is COc1cc(C=NNc2nc(N)cs2)ccc1OCc1c(F)cccc1Cl. The largest absolute Gasteiger partial charge is 0.493 e. The molecule has 0 aliphatic heterocycles. The van der Waals surface area contributed by atoms with Gasteiger partial charge in [-0.05, 0) is 35.9 Å². The molecule has 0 saturated heterocycles. The predicted molar refractivity (Wildman–Crippen MR) is 106 cm³/mol. The van der Waals surface area contributed by atoms with E-state index in [1.165, 1.54) is 24.5 Å². The van der Waals surface area contributed by atoms with E-state index in [9.17, 15) is 4.39 Å². The third-order valence-electron chi connectivity index (χ3n) is 3.52. The van der Waals surface area contributed by atoms with Crippen LogP contribution in [0.5, 0.6) is 11.5 Å². The second-order valence-electron chi connectivity index (χ2n) is 5.35. The van der Waals surface area contributed by atoms with Crippen LogP contribution in [0.4, 0.5) is 15.3 Å². The summed E-state index contributed by atoms with van der Waals surface area (Å²) in [5.41, 5.74) is 9.41. The van der Waals surface area contributed by atoms with Gasteiger partial charge < -0.3 is 15.2 Å². The maximum absolute atomic E-state index is 13.8. The monoisotopic (exact) mass is 406 g/mol. The van der Waals surface area contributed by atoms with Crippen LogP contribution < -0.4 is 20.6 Å². The van der Waals surface area contributed by atoms with E-state index >= 15 is 0 Å². The molecule has 0 unspecified atom stereocenters. The molecule has 3 aromatic rings. The van der Waals surface area contributed by atoms with Gasteiger partial charge in [-0.3, -0.25) is 5.43 Å². The Labute approximate surface area is 164 Å². The van der Waals surface area contributed by atoms with E-state index in [4.69, 9.17) is 26.8 Å². The number of nitrogens with one attached hydrogen (secondary N) is 1. The van der Waals surface area contributed by atoms with Crippen LogP contribution in [0.25, 0.3) is 0 Å². The highest BCUT2D eigenvalue weighted by molar-refractivity contribution is 7.14. The lowest BCUT2D eigenvalue weighted by atomic mass is 10.2. The number of aromatic nitrogens is 1. The molecule has 2 aromatic carbocycles. The highest BCUT2D eigenvalue weighted by Crippen LogP contribution is 2.30. The summed E-state index contributed by atoms with van der Waals surface area (Å²) >= 11 is 7.37. The molecule has 27 heavy (non-hydrogen) atoms. The summed E-state index contributed by atoms with van der Waals surface area (Å²) in [6.07, 6.45) is 1.61. The van der Waals surface area contributed by atoms with Gasteiger partial charge in [-0.15, -0.1) is 11.3 Å². The Kier molecular flexibility index (Phi) is 6.10. The zero-order chi connectivity index (χ0) is 19.2. The molecule has 0 aliphatic rings. The first-order valence-electron chi connectivity index (χ1n) is 7.80. The molecule has 0 saturated carbocycles. The average Bonchev–Trinajstić information content (AvgIpc) is 3.07. The van der Waals surface area contributed by atoms with E-state index in [2.05, 4.69) is 15.5 Å². The molecular weight excluding hydrogens is 391 g/mol. The fraction of sp³-hybridized carbons (Fsp3) is 0.111. The Morgan fingerprint density at radius 1 is 1.33 bits per heavy atom. The number of hydrazone groups is 1. The lowest BCUT2D eigenvalue weighted by Gasteiger charge is -2.12. The van der Waals surface area contributed by atoms with Crippen LogP contribution in [-0.4, -0.2) is 18.3 Å². The number of halogens is 2.